The van der Waals surface area contributed by atoms with Gasteiger partial charge in [-0.05, 0) is 49.4 Å². The summed E-state index contributed by atoms with van der Waals surface area (Å²) in [5.74, 6) is 0.917. The van der Waals surface area contributed by atoms with Crippen LogP contribution in [0, 0.1) is 0 Å². The first-order valence-electron chi connectivity index (χ1n) is 6.82. The highest BCUT2D eigenvalue weighted by Crippen LogP contribution is 2.37. The number of hydrogen-bond donors (Lipinski definition) is 1. The number of ether oxygens (including phenoxy) is 1. The Balaban J connectivity index is 1.93. The number of fused-ring (bicyclic) bond motifs is 1. The Labute approximate surface area is 127 Å². The van der Waals surface area contributed by atoms with Crippen LogP contribution < -0.4 is 15.0 Å². The third kappa shape index (κ3) is 2.61. The molecule has 3 nitrogen and oxygen atoms in total. The van der Waals surface area contributed by atoms with Gasteiger partial charge in [0.2, 0.25) is 0 Å². The molecule has 0 radical (unpaired) electrons. The van der Waals surface area contributed by atoms with Gasteiger partial charge in [0.05, 0.1) is 18.0 Å². The van der Waals surface area contributed by atoms with Crippen molar-refractivity contribution >= 4 is 33.0 Å². The first-order chi connectivity index (χ1) is 9.78. The van der Waals surface area contributed by atoms with Crippen LogP contribution in [0.3, 0.4) is 0 Å². The molecule has 20 heavy (non-hydrogen) atoms. The monoisotopic (exact) mass is 332 g/mol. The van der Waals surface area contributed by atoms with E-state index in [0.29, 0.717) is 6.61 Å². The number of benzene rings is 2. The Morgan fingerprint density at radius 3 is 2.75 bits per heavy atom. The second-order valence-corrected chi connectivity index (χ2v) is 5.58. The van der Waals surface area contributed by atoms with Gasteiger partial charge >= 0.3 is 0 Å². The van der Waals surface area contributed by atoms with E-state index < -0.39 is 0 Å². The van der Waals surface area contributed by atoms with Crippen LogP contribution in [0.2, 0.25) is 0 Å². The zero-order valence-electron chi connectivity index (χ0n) is 11.4. The molecule has 0 atom stereocenters. The fourth-order valence-electron chi connectivity index (χ4n) is 2.46. The van der Waals surface area contributed by atoms with Crippen LogP contribution in [-0.4, -0.2) is 19.7 Å². The van der Waals surface area contributed by atoms with Gasteiger partial charge in [0.1, 0.15) is 5.75 Å². The van der Waals surface area contributed by atoms with Gasteiger partial charge in [-0.3, -0.25) is 0 Å². The lowest BCUT2D eigenvalue weighted by atomic mass is 10.1. The fraction of sp³-hybridized carbons (Fsp3) is 0.250. The molecule has 0 amide bonds. The number of rotatable bonds is 3. The third-order valence-electron chi connectivity index (χ3n) is 3.36. The van der Waals surface area contributed by atoms with Crippen LogP contribution >= 0.6 is 15.9 Å². The second kappa shape index (κ2) is 5.75. The largest absolute Gasteiger partial charge is 0.494 e. The van der Waals surface area contributed by atoms with Crippen molar-refractivity contribution in [3.8, 4) is 5.75 Å². The topological polar surface area (TPSA) is 24.5 Å². The van der Waals surface area contributed by atoms with Crippen LogP contribution in [0.4, 0.5) is 17.1 Å². The van der Waals surface area contributed by atoms with Crippen LogP contribution in [0.5, 0.6) is 5.75 Å². The SMILES string of the molecule is CCOc1ccc(N2CCNc3ccc(Br)cc32)cc1. The predicted molar refractivity (Wildman–Crippen MR) is 87.2 cm³/mol. The van der Waals surface area contributed by atoms with Gasteiger partial charge in [0.25, 0.3) is 0 Å². The van der Waals surface area contributed by atoms with Crippen molar-refractivity contribution < 1.29 is 4.74 Å². The van der Waals surface area contributed by atoms with E-state index >= 15 is 0 Å². The Morgan fingerprint density at radius 2 is 2.00 bits per heavy atom. The van der Waals surface area contributed by atoms with Gasteiger partial charge in [-0.2, -0.15) is 0 Å². The first-order valence-corrected chi connectivity index (χ1v) is 7.61. The van der Waals surface area contributed by atoms with Gasteiger partial charge in [-0.15, -0.1) is 0 Å². The molecule has 4 heteroatoms. The van der Waals surface area contributed by atoms with Gasteiger partial charge in [-0.1, -0.05) is 15.9 Å². The molecule has 1 aliphatic rings. The van der Waals surface area contributed by atoms with Crippen molar-refractivity contribution in [3.05, 3.63) is 46.9 Å². The van der Waals surface area contributed by atoms with Gasteiger partial charge in [0, 0.05) is 23.2 Å². The van der Waals surface area contributed by atoms with Crippen LogP contribution in [0.15, 0.2) is 46.9 Å². The summed E-state index contributed by atoms with van der Waals surface area (Å²) in [6, 6.07) is 14.6. The maximum Gasteiger partial charge on any atom is 0.119 e. The minimum atomic E-state index is 0.697. The van der Waals surface area contributed by atoms with E-state index in [9.17, 15) is 0 Å². The molecule has 0 saturated heterocycles. The van der Waals surface area contributed by atoms with Crippen molar-refractivity contribution in [1.82, 2.24) is 0 Å². The molecule has 1 heterocycles. The molecule has 0 saturated carbocycles. The number of hydrogen-bond acceptors (Lipinski definition) is 3. The van der Waals surface area contributed by atoms with Crippen molar-refractivity contribution in [2.75, 3.05) is 29.9 Å². The molecular weight excluding hydrogens is 316 g/mol. The lowest BCUT2D eigenvalue weighted by Gasteiger charge is -2.32. The van der Waals surface area contributed by atoms with Crippen molar-refractivity contribution in [2.45, 2.75) is 6.92 Å². The van der Waals surface area contributed by atoms with Crippen molar-refractivity contribution in [3.63, 3.8) is 0 Å². The Kier molecular flexibility index (Phi) is 3.83. The van der Waals surface area contributed by atoms with Gasteiger partial charge in [0.15, 0.2) is 0 Å². The lowest BCUT2D eigenvalue weighted by molar-refractivity contribution is 0.340. The molecule has 1 aliphatic heterocycles. The smallest absolute Gasteiger partial charge is 0.119 e. The Bertz CT molecular complexity index is 598. The number of nitrogens with one attached hydrogen (secondary N) is 1. The molecule has 104 valence electrons. The maximum atomic E-state index is 5.50. The summed E-state index contributed by atoms with van der Waals surface area (Å²) in [7, 11) is 0. The molecule has 0 aromatic heterocycles. The first kappa shape index (κ1) is 13.3. The van der Waals surface area contributed by atoms with Crippen molar-refractivity contribution in [2.24, 2.45) is 0 Å². The molecule has 0 aliphatic carbocycles. The van der Waals surface area contributed by atoms with E-state index in [4.69, 9.17) is 4.74 Å². The third-order valence-corrected chi connectivity index (χ3v) is 3.85. The van der Waals surface area contributed by atoms with E-state index in [1.807, 2.05) is 19.1 Å². The van der Waals surface area contributed by atoms with Gasteiger partial charge < -0.3 is 15.0 Å². The molecule has 0 fully saturated rings. The molecular formula is C16H17BrN2O. The zero-order chi connectivity index (χ0) is 13.9. The van der Waals surface area contributed by atoms with E-state index in [0.717, 1.165) is 23.3 Å². The summed E-state index contributed by atoms with van der Waals surface area (Å²) < 4.78 is 6.59. The van der Waals surface area contributed by atoms with E-state index in [1.54, 1.807) is 0 Å². The van der Waals surface area contributed by atoms with Crippen molar-refractivity contribution in [1.29, 1.82) is 0 Å². The average Bonchev–Trinajstić information content (AvgIpc) is 2.48. The molecule has 2 aromatic rings. The highest BCUT2D eigenvalue weighted by atomic mass is 79.9. The minimum Gasteiger partial charge on any atom is -0.494 e. The highest BCUT2D eigenvalue weighted by Gasteiger charge is 2.18. The maximum absolute atomic E-state index is 5.50. The predicted octanol–water partition coefficient (Wildman–Crippen LogP) is 4.41. The summed E-state index contributed by atoms with van der Waals surface area (Å²) in [5.41, 5.74) is 3.57. The summed E-state index contributed by atoms with van der Waals surface area (Å²) in [4.78, 5) is 2.33. The Hall–Kier alpha value is -1.68. The zero-order valence-corrected chi connectivity index (χ0v) is 13.0. The number of halogens is 1. The lowest BCUT2D eigenvalue weighted by Crippen LogP contribution is -2.30. The number of anilines is 3. The Morgan fingerprint density at radius 1 is 1.20 bits per heavy atom. The second-order valence-electron chi connectivity index (χ2n) is 4.67. The molecule has 0 spiro atoms. The standard InChI is InChI=1S/C16H17BrN2O/c1-2-20-14-6-4-13(5-7-14)19-10-9-18-15-8-3-12(17)11-16(15)19/h3-8,11,18H,2,9-10H2,1H3. The summed E-state index contributed by atoms with van der Waals surface area (Å²) in [6.07, 6.45) is 0. The van der Waals surface area contributed by atoms with E-state index in [-0.39, 0.29) is 0 Å². The van der Waals surface area contributed by atoms with Gasteiger partial charge in [-0.25, -0.2) is 0 Å². The summed E-state index contributed by atoms with van der Waals surface area (Å²) in [6.45, 7) is 4.60. The average molecular weight is 333 g/mol. The van der Waals surface area contributed by atoms with Crippen LogP contribution in [0.1, 0.15) is 6.92 Å². The summed E-state index contributed by atoms with van der Waals surface area (Å²) in [5, 5.41) is 3.43. The normalized spacial score (nSPS) is 13.6. The molecule has 2 aromatic carbocycles. The fourth-order valence-corrected chi connectivity index (χ4v) is 2.81. The summed E-state index contributed by atoms with van der Waals surface area (Å²) >= 11 is 3.55. The van der Waals surface area contributed by atoms with E-state index in [2.05, 4.69) is 56.5 Å². The van der Waals surface area contributed by atoms with Crippen LogP contribution in [-0.2, 0) is 0 Å². The molecule has 0 unspecified atom stereocenters. The highest BCUT2D eigenvalue weighted by molar-refractivity contribution is 9.10. The van der Waals surface area contributed by atoms with Crippen LogP contribution in [0.25, 0.3) is 0 Å². The van der Waals surface area contributed by atoms with E-state index in [1.165, 1.54) is 17.1 Å². The minimum absolute atomic E-state index is 0.697. The number of nitrogens with zero attached hydrogens (tertiary/aromatic N) is 1. The molecule has 1 N–H and O–H groups in total. The molecule has 0 bridgehead atoms. The molecule has 3 rings (SSSR count). The quantitative estimate of drug-likeness (QED) is 0.900.